The topological polar surface area (TPSA) is 44.6 Å². The lowest BCUT2D eigenvalue weighted by atomic mass is 9.95. The van der Waals surface area contributed by atoms with Crippen molar-refractivity contribution in [2.24, 2.45) is 0 Å². The van der Waals surface area contributed by atoms with Crippen LogP contribution in [0.15, 0.2) is 34.0 Å². The Morgan fingerprint density at radius 1 is 1.13 bits per heavy atom. The molecule has 0 unspecified atom stereocenters. The molecule has 2 aromatic carbocycles. The normalized spacial score (nSPS) is 20.5. The van der Waals surface area contributed by atoms with E-state index in [2.05, 4.69) is 9.88 Å². The van der Waals surface area contributed by atoms with Crippen LogP contribution in [0, 0.1) is 11.6 Å². The van der Waals surface area contributed by atoms with E-state index in [9.17, 15) is 22.4 Å². The molecule has 0 bridgehead atoms. The zero-order valence-corrected chi connectivity index (χ0v) is 22.3. The Kier molecular flexibility index (Phi) is 6.93. The molecular formula is C26H28F5N5OS. The summed E-state index contributed by atoms with van der Waals surface area (Å²) in [7, 11) is 5.62. The number of hydrogen-bond acceptors (Lipinski definition) is 6. The fourth-order valence-electron chi connectivity index (χ4n) is 5.44. The van der Waals surface area contributed by atoms with Crippen molar-refractivity contribution in [3.05, 3.63) is 51.9 Å². The summed E-state index contributed by atoms with van der Waals surface area (Å²) < 4.78 is 74.2. The molecule has 2 aliphatic heterocycles. The lowest BCUT2D eigenvalue weighted by Gasteiger charge is -2.40. The molecule has 1 saturated heterocycles. The average molecular weight is 554 g/mol. The predicted molar refractivity (Wildman–Crippen MR) is 139 cm³/mol. The minimum atomic E-state index is -4.85. The van der Waals surface area contributed by atoms with Crippen LogP contribution in [0.4, 0.5) is 27.8 Å². The first-order valence-corrected chi connectivity index (χ1v) is 13.1. The molecule has 1 aromatic heterocycles. The highest BCUT2D eigenvalue weighted by molar-refractivity contribution is 8.00. The number of piperazine rings is 1. The van der Waals surface area contributed by atoms with Gasteiger partial charge >= 0.3 is 11.9 Å². The van der Waals surface area contributed by atoms with E-state index in [1.165, 1.54) is 16.3 Å². The van der Waals surface area contributed by atoms with Gasteiger partial charge in [-0.25, -0.2) is 13.6 Å². The number of halogens is 5. The maximum Gasteiger partial charge on any atom is 0.417 e. The van der Waals surface area contributed by atoms with Gasteiger partial charge in [-0.15, -0.1) is 11.8 Å². The first-order valence-electron chi connectivity index (χ1n) is 12.3. The molecular weight excluding hydrogens is 525 g/mol. The monoisotopic (exact) mass is 553 g/mol. The second kappa shape index (κ2) is 9.80. The van der Waals surface area contributed by atoms with E-state index in [1.807, 2.05) is 37.9 Å². The predicted octanol–water partition coefficient (Wildman–Crippen LogP) is 4.54. The molecule has 6 nitrogen and oxygen atoms in total. The number of hydrogen-bond donors (Lipinski definition) is 0. The fourth-order valence-corrected chi connectivity index (χ4v) is 7.04. The van der Waals surface area contributed by atoms with Gasteiger partial charge in [0.05, 0.1) is 11.1 Å². The lowest BCUT2D eigenvalue weighted by molar-refractivity contribution is -0.137. The van der Waals surface area contributed by atoms with Gasteiger partial charge in [0.25, 0.3) is 0 Å². The van der Waals surface area contributed by atoms with Crippen LogP contribution in [0.25, 0.3) is 22.0 Å². The van der Waals surface area contributed by atoms with Gasteiger partial charge in [-0.1, -0.05) is 0 Å². The van der Waals surface area contributed by atoms with E-state index in [1.54, 1.807) is 0 Å². The molecule has 0 aliphatic carbocycles. The maximum absolute atomic E-state index is 15.1. The number of rotatable bonds is 4. The standard InChI is InChI=1S/C26H28F5N5OS/c1-14-11-34(4)7-8-35(14)24-18-10-19(26(29,30)31)21(17-6-5-15(27)9-20(17)28)23-22(18)36(25(37)32-24)13-16(38-23)12-33(2)3/h5-6,9-10,14,16H,7-8,11-13H2,1-4H3/t14-,16+/m0/s1. The van der Waals surface area contributed by atoms with Crippen LogP contribution >= 0.6 is 11.8 Å². The summed E-state index contributed by atoms with van der Waals surface area (Å²) in [6, 6.07) is 3.43. The van der Waals surface area contributed by atoms with Gasteiger partial charge < -0.3 is 14.7 Å². The van der Waals surface area contributed by atoms with Crippen LogP contribution in [-0.4, -0.2) is 78.0 Å². The second-order valence-corrected chi connectivity index (χ2v) is 11.6. The SMILES string of the molecule is C[C@H]1CN(C)CCN1c1nc(=O)n2c3c(c(-c4ccc(F)cc4F)c(C(F)(F)F)cc13)S[C@H](CN(C)C)C2. The molecule has 0 spiro atoms. The van der Waals surface area contributed by atoms with Crippen LogP contribution in [0.2, 0.25) is 0 Å². The molecule has 1 fully saturated rings. The van der Waals surface area contributed by atoms with Gasteiger partial charge in [-0.3, -0.25) is 4.57 Å². The molecule has 2 atom stereocenters. The van der Waals surface area contributed by atoms with E-state index in [-0.39, 0.29) is 45.1 Å². The summed E-state index contributed by atoms with van der Waals surface area (Å²) in [6.45, 7) is 4.46. The lowest BCUT2D eigenvalue weighted by Crippen LogP contribution is -2.51. The molecule has 0 N–H and O–H groups in total. The largest absolute Gasteiger partial charge is 0.417 e. The minimum absolute atomic E-state index is 0.0937. The number of likely N-dealkylation sites (N-methyl/N-ethyl adjacent to an activating group) is 1. The summed E-state index contributed by atoms with van der Waals surface area (Å²) in [6.07, 6.45) is -4.85. The molecule has 0 radical (unpaired) electrons. The van der Waals surface area contributed by atoms with E-state index < -0.39 is 29.1 Å². The van der Waals surface area contributed by atoms with Crippen LogP contribution < -0.4 is 10.6 Å². The van der Waals surface area contributed by atoms with Gasteiger partial charge in [-0.05, 0) is 46.3 Å². The van der Waals surface area contributed by atoms with E-state index in [4.69, 9.17) is 0 Å². The summed E-state index contributed by atoms with van der Waals surface area (Å²) in [5, 5.41) is -0.0928. The summed E-state index contributed by atoms with van der Waals surface area (Å²) in [5.74, 6) is -1.79. The van der Waals surface area contributed by atoms with E-state index in [0.29, 0.717) is 37.8 Å². The highest BCUT2D eigenvalue weighted by atomic mass is 32.2. The molecule has 204 valence electrons. The number of alkyl halides is 3. The van der Waals surface area contributed by atoms with Crippen LogP contribution in [0.1, 0.15) is 12.5 Å². The zero-order valence-electron chi connectivity index (χ0n) is 21.4. The molecule has 3 heterocycles. The van der Waals surface area contributed by atoms with Crippen LogP contribution in [-0.2, 0) is 12.7 Å². The number of anilines is 1. The molecule has 38 heavy (non-hydrogen) atoms. The average Bonchev–Trinajstić information content (AvgIpc) is 2.80. The third-order valence-corrected chi connectivity index (χ3v) is 8.31. The number of aromatic nitrogens is 2. The minimum Gasteiger partial charge on any atom is -0.351 e. The highest BCUT2D eigenvalue weighted by Crippen LogP contribution is 2.50. The summed E-state index contributed by atoms with van der Waals surface area (Å²) >= 11 is 1.19. The van der Waals surface area contributed by atoms with E-state index in [0.717, 1.165) is 18.2 Å². The number of benzene rings is 2. The van der Waals surface area contributed by atoms with Gasteiger partial charge in [0.1, 0.15) is 17.5 Å². The smallest absolute Gasteiger partial charge is 0.351 e. The molecule has 3 aromatic rings. The van der Waals surface area contributed by atoms with Crippen molar-refractivity contribution >= 4 is 28.5 Å². The zero-order chi connectivity index (χ0) is 27.5. The van der Waals surface area contributed by atoms with Crippen molar-refractivity contribution in [3.8, 4) is 11.1 Å². The van der Waals surface area contributed by atoms with Gasteiger partial charge in [0.2, 0.25) is 0 Å². The molecule has 12 heteroatoms. The van der Waals surface area contributed by atoms with Crippen molar-refractivity contribution in [1.29, 1.82) is 0 Å². The van der Waals surface area contributed by atoms with Crippen molar-refractivity contribution < 1.29 is 22.0 Å². The summed E-state index contributed by atoms with van der Waals surface area (Å²) in [4.78, 5) is 23.7. The van der Waals surface area contributed by atoms with Crippen LogP contribution in [0.5, 0.6) is 0 Å². The van der Waals surface area contributed by atoms with E-state index >= 15 is 4.39 Å². The van der Waals surface area contributed by atoms with Crippen molar-refractivity contribution in [2.75, 3.05) is 52.2 Å². The highest BCUT2D eigenvalue weighted by Gasteiger charge is 2.40. The van der Waals surface area contributed by atoms with Gasteiger partial charge in [0, 0.05) is 71.5 Å². The molecule has 0 amide bonds. The second-order valence-electron chi connectivity index (χ2n) is 10.3. The van der Waals surface area contributed by atoms with Crippen molar-refractivity contribution in [3.63, 3.8) is 0 Å². The maximum atomic E-state index is 15.1. The third-order valence-electron chi connectivity index (χ3n) is 7.05. The Bertz CT molecular complexity index is 1460. The number of nitrogens with zero attached hydrogens (tertiary/aromatic N) is 5. The summed E-state index contributed by atoms with van der Waals surface area (Å²) in [5.41, 5.74) is -2.04. The van der Waals surface area contributed by atoms with Crippen molar-refractivity contribution in [2.45, 2.75) is 35.8 Å². The Hall–Kier alpha value is -2.70. The molecule has 5 rings (SSSR count). The first-order chi connectivity index (χ1) is 17.8. The Morgan fingerprint density at radius 3 is 2.50 bits per heavy atom. The Balaban J connectivity index is 1.88. The molecule has 0 saturated carbocycles. The molecule has 2 aliphatic rings. The Morgan fingerprint density at radius 2 is 1.87 bits per heavy atom. The van der Waals surface area contributed by atoms with Gasteiger partial charge in [0.15, 0.2) is 0 Å². The quantitative estimate of drug-likeness (QED) is 0.443. The Labute approximate surface area is 221 Å². The first kappa shape index (κ1) is 26.9. The third kappa shape index (κ3) is 4.77. The van der Waals surface area contributed by atoms with Crippen molar-refractivity contribution in [1.82, 2.24) is 19.4 Å². The van der Waals surface area contributed by atoms with Crippen LogP contribution in [0.3, 0.4) is 0 Å². The number of thioether (sulfide) groups is 1. The van der Waals surface area contributed by atoms with Gasteiger partial charge in [-0.2, -0.15) is 18.2 Å². The fraction of sp³-hybridized carbons (Fsp3) is 0.462.